The molecule has 1 rings (SSSR count). The highest BCUT2D eigenvalue weighted by Gasteiger charge is 2.08. The summed E-state index contributed by atoms with van der Waals surface area (Å²) in [5.41, 5.74) is 0.647. The molecule has 1 aromatic carbocycles. The summed E-state index contributed by atoms with van der Waals surface area (Å²) in [6, 6.07) is 7.22. The van der Waals surface area contributed by atoms with Gasteiger partial charge in [-0.1, -0.05) is 49.9 Å². The van der Waals surface area contributed by atoms with Crippen LogP contribution in [0.15, 0.2) is 24.3 Å². The molecule has 0 saturated carbocycles. The number of hydrogen-bond acceptors (Lipinski definition) is 1. The number of carbonyl (C=O) groups is 1. The van der Waals surface area contributed by atoms with Gasteiger partial charge in [-0.3, -0.25) is 4.79 Å². The fourth-order valence-corrected chi connectivity index (χ4v) is 1.70. The summed E-state index contributed by atoms with van der Waals surface area (Å²) < 4.78 is 0. The number of ketones is 1. The highest BCUT2D eigenvalue weighted by Crippen LogP contribution is 2.18. The van der Waals surface area contributed by atoms with Gasteiger partial charge in [0.05, 0.1) is 5.02 Å². The van der Waals surface area contributed by atoms with E-state index in [1.54, 1.807) is 12.1 Å². The molecule has 0 amide bonds. The second-order valence-corrected chi connectivity index (χ2v) is 3.97. The maximum Gasteiger partial charge on any atom is 0.164 e. The first-order valence-electron chi connectivity index (χ1n) is 5.32. The van der Waals surface area contributed by atoms with E-state index in [9.17, 15) is 4.79 Å². The van der Waals surface area contributed by atoms with Gasteiger partial charge < -0.3 is 0 Å². The van der Waals surface area contributed by atoms with Crippen molar-refractivity contribution in [1.82, 2.24) is 0 Å². The van der Waals surface area contributed by atoms with Crippen LogP contribution in [0.4, 0.5) is 0 Å². The molecule has 1 nitrogen and oxygen atoms in total. The van der Waals surface area contributed by atoms with Crippen LogP contribution in [0.2, 0.25) is 5.02 Å². The fraction of sp³-hybridized carbons (Fsp3) is 0.385. The number of halogens is 1. The molecule has 0 aliphatic rings. The predicted octanol–water partition coefficient (Wildman–Crippen LogP) is 4.31. The van der Waals surface area contributed by atoms with Crippen molar-refractivity contribution >= 4 is 17.4 Å². The quantitative estimate of drug-likeness (QED) is 0.519. The monoisotopic (exact) mass is 223 g/mol. The molecule has 0 fully saturated rings. The van der Waals surface area contributed by atoms with Crippen LogP contribution in [-0.2, 0) is 0 Å². The first-order chi connectivity index (χ1) is 7.25. The summed E-state index contributed by atoms with van der Waals surface area (Å²) in [5, 5.41) is 0.555. The summed E-state index contributed by atoms with van der Waals surface area (Å²) >= 11 is 5.93. The van der Waals surface area contributed by atoms with E-state index in [0.29, 0.717) is 17.0 Å². The summed E-state index contributed by atoms with van der Waals surface area (Å²) in [4.78, 5) is 11.7. The lowest BCUT2D eigenvalue weighted by Crippen LogP contribution is -1.99. The summed E-state index contributed by atoms with van der Waals surface area (Å²) in [7, 11) is 0. The van der Waals surface area contributed by atoms with Gasteiger partial charge >= 0.3 is 0 Å². The molecule has 0 spiro atoms. The number of benzene rings is 1. The van der Waals surface area contributed by atoms with Crippen LogP contribution >= 0.6 is 11.6 Å². The fourth-order valence-electron chi connectivity index (χ4n) is 1.46. The minimum Gasteiger partial charge on any atom is -0.294 e. The molecular weight excluding hydrogens is 208 g/mol. The van der Waals surface area contributed by atoms with Gasteiger partial charge in [-0.05, 0) is 18.6 Å². The lowest BCUT2D eigenvalue weighted by molar-refractivity contribution is 0.0979. The molecule has 1 aromatic rings. The summed E-state index contributed by atoms with van der Waals surface area (Å²) in [5.74, 6) is 0.143. The van der Waals surface area contributed by atoms with Gasteiger partial charge in [0.1, 0.15) is 0 Å². The number of Topliss-reactive ketones (excluding diaryl/α,β-unsaturated/α-hetero) is 1. The molecule has 0 bridgehead atoms. The van der Waals surface area contributed by atoms with E-state index in [-0.39, 0.29) is 5.78 Å². The molecule has 0 atom stereocenters. The van der Waals surface area contributed by atoms with Crippen molar-refractivity contribution in [2.24, 2.45) is 0 Å². The van der Waals surface area contributed by atoms with E-state index in [2.05, 4.69) is 6.92 Å². The molecule has 2 heteroatoms. The third kappa shape index (κ3) is 4.05. The minimum absolute atomic E-state index is 0.143. The lowest BCUT2D eigenvalue weighted by Gasteiger charge is -2.02. The van der Waals surface area contributed by atoms with Crippen LogP contribution in [-0.4, -0.2) is 5.78 Å². The zero-order valence-corrected chi connectivity index (χ0v) is 9.59. The third-order valence-electron chi connectivity index (χ3n) is 2.33. The topological polar surface area (TPSA) is 17.1 Å². The first kappa shape index (κ1) is 12.3. The van der Waals surface area contributed by atoms with Crippen LogP contribution in [0.3, 0.4) is 0 Å². The van der Waals surface area contributed by atoms with E-state index >= 15 is 0 Å². The molecule has 0 aromatic heterocycles. The van der Waals surface area contributed by atoms with E-state index in [4.69, 9.17) is 11.6 Å². The van der Waals surface area contributed by atoms with Crippen LogP contribution < -0.4 is 0 Å². The Morgan fingerprint density at radius 3 is 2.60 bits per heavy atom. The first-order valence-corrected chi connectivity index (χ1v) is 5.70. The number of carbonyl (C=O) groups excluding carboxylic acids is 1. The Morgan fingerprint density at radius 1 is 1.20 bits per heavy atom. The molecule has 0 unspecified atom stereocenters. The normalized spacial score (nSPS) is 10.3. The zero-order valence-electron chi connectivity index (χ0n) is 8.84. The number of unbranched alkanes of at least 4 members (excludes halogenated alkanes) is 3. The summed E-state index contributed by atoms with van der Waals surface area (Å²) in [6.07, 6.45) is 4.62. The maximum absolute atomic E-state index is 11.7. The van der Waals surface area contributed by atoms with Crippen LogP contribution in [0, 0.1) is 6.92 Å². The molecular formula is C13H16ClO. The Labute approximate surface area is 96.5 Å². The smallest absolute Gasteiger partial charge is 0.164 e. The zero-order chi connectivity index (χ0) is 11.1. The highest BCUT2D eigenvalue weighted by atomic mass is 35.5. The van der Waals surface area contributed by atoms with Crippen LogP contribution in [0.25, 0.3) is 0 Å². The Kier molecular flexibility index (Phi) is 5.41. The van der Waals surface area contributed by atoms with Crippen LogP contribution in [0.1, 0.15) is 42.5 Å². The second-order valence-electron chi connectivity index (χ2n) is 3.57. The van der Waals surface area contributed by atoms with Crippen molar-refractivity contribution in [3.63, 3.8) is 0 Å². The van der Waals surface area contributed by atoms with E-state index < -0.39 is 0 Å². The molecule has 0 N–H and O–H groups in total. The SMILES string of the molecule is [CH2]CCCCCC(=O)c1ccccc1Cl. The second kappa shape index (κ2) is 6.62. The van der Waals surface area contributed by atoms with E-state index in [1.807, 2.05) is 12.1 Å². The minimum atomic E-state index is 0.143. The van der Waals surface area contributed by atoms with Crippen molar-refractivity contribution < 1.29 is 4.79 Å². The summed E-state index contributed by atoms with van der Waals surface area (Å²) in [6.45, 7) is 3.77. The Bertz CT molecular complexity index is 320. The Hall–Kier alpha value is -0.820. The van der Waals surface area contributed by atoms with Gasteiger partial charge in [-0.2, -0.15) is 0 Å². The Balaban J connectivity index is 2.44. The molecule has 0 aliphatic heterocycles. The predicted molar refractivity (Wildman–Crippen MR) is 64.2 cm³/mol. The molecule has 0 saturated heterocycles. The largest absolute Gasteiger partial charge is 0.294 e. The van der Waals surface area contributed by atoms with E-state index in [0.717, 1.165) is 25.7 Å². The lowest BCUT2D eigenvalue weighted by atomic mass is 10.0. The van der Waals surface area contributed by atoms with Crippen LogP contribution in [0.5, 0.6) is 0 Å². The standard InChI is InChI=1S/C13H16ClO/c1-2-3-4-5-10-13(15)11-8-6-7-9-12(11)14/h6-9H,1-5,10H2. The van der Waals surface area contributed by atoms with Gasteiger partial charge in [0, 0.05) is 12.0 Å². The van der Waals surface area contributed by atoms with Gasteiger partial charge in [0.25, 0.3) is 0 Å². The highest BCUT2D eigenvalue weighted by molar-refractivity contribution is 6.33. The van der Waals surface area contributed by atoms with Crippen molar-refractivity contribution in [2.75, 3.05) is 0 Å². The van der Waals surface area contributed by atoms with Gasteiger partial charge in [0.15, 0.2) is 5.78 Å². The molecule has 0 heterocycles. The van der Waals surface area contributed by atoms with Gasteiger partial charge in [-0.15, -0.1) is 0 Å². The van der Waals surface area contributed by atoms with E-state index in [1.165, 1.54) is 0 Å². The average molecular weight is 224 g/mol. The van der Waals surface area contributed by atoms with Gasteiger partial charge in [-0.25, -0.2) is 0 Å². The number of rotatable bonds is 6. The Morgan fingerprint density at radius 2 is 1.93 bits per heavy atom. The molecule has 0 aliphatic carbocycles. The van der Waals surface area contributed by atoms with Crippen molar-refractivity contribution in [3.8, 4) is 0 Å². The molecule has 81 valence electrons. The van der Waals surface area contributed by atoms with Crippen molar-refractivity contribution in [2.45, 2.75) is 32.1 Å². The molecule has 15 heavy (non-hydrogen) atoms. The maximum atomic E-state index is 11.7. The average Bonchev–Trinajstić information content (AvgIpc) is 2.25. The number of hydrogen-bond donors (Lipinski definition) is 0. The molecule has 1 radical (unpaired) electrons. The van der Waals surface area contributed by atoms with Gasteiger partial charge in [0.2, 0.25) is 0 Å². The third-order valence-corrected chi connectivity index (χ3v) is 2.66. The van der Waals surface area contributed by atoms with Crippen molar-refractivity contribution in [3.05, 3.63) is 41.8 Å². The van der Waals surface area contributed by atoms with Crippen molar-refractivity contribution in [1.29, 1.82) is 0 Å².